The molecule has 0 bridgehead atoms. The van der Waals surface area contributed by atoms with E-state index in [1.807, 2.05) is 0 Å². The summed E-state index contributed by atoms with van der Waals surface area (Å²) in [6, 6.07) is 6.21. The van der Waals surface area contributed by atoms with Gasteiger partial charge >= 0.3 is 0 Å². The molecule has 1 saturated heterocycles. The van der Waals surface area contributed by atoms with E-state index in [9.17, 15) is 13.2 Å². The van der Waals surface area contributed by atoms with Crippen molar-refractivity contribution in [3.8, 4) is 0 Å². The number of rotatable bonds is 4. The number of hydrogen-bond donors (Lipinski definition) is 1. The van der Waals surface area contributed by atoms with Gasteiger partial charge in [0.1, 0.15) is 0 Å². The average Bonchev–Trinajstić information content (AvgIpc) is 2.47. The highest BCUT2D eigenvalue weighted by molar-refractivity contribution is 7.89. The maximum atomic E-state index is 12.6. The molecule has 1 heterocycles. The Morgan fingerprint density at radius 1 is 1.43 bits per heavy atom. The molecule has 0 saturated carbocycles. The molecular weight excluding hydrogens is 312 g/mol. The molecular formula is C14H21ClN2O3S. The van der Waals surface area contributed by atoms with Crippen molar-refractivity contribution in [2.24, 2.45) is 11.7 Å². The SMILES string of the molecule is CC(=O)c1cccc(S(=O)(=O)N2CCCC(CN)C2)c1.Cl. The molecule has 1 fully saturated rings. The van der Waals surface area contributed by atoms with Gasteiger partial charge in [0.05, 0.1) is 4.90 Å². The lowest BCUT2D eigenvalue weighted by atomic mass is 10.0. The summed E-state index contributed by atoms with van der Waals surface area (Å²) in [6.45, 7) is 2.91. The standard InChI is InChI=1S/C14H20N2O3S.ClH/c1-11(17)13-5-2-6-14(8-13)20(18,19)16-7-3-4-12(9-15)10-16;/h2,5-6,8,12H,3-4,7,9-10,15H2,1H3;1H. The topological polar surface area (TPSA) is 80.5 Å². The lowest BCUT2D eigenvalue weighted by Gasteiger charge is -2.31. The number of carbonyl (C=O) groups excluding carboxylic acids is 1. The largest absolute Gasteiger partial charge is 0.330 e. The number of nitrogens with zero attached hydrogens (tertiary/aromatic N) is 1. The van der Waals surface area contributed by atoms with Gasteiger partial charge in [0.2, 0.25) is 10.0 Å². The predicted molar refractivity (Wildman–Crippen MR) is 84.2 cm³/mol. The highest BCUT2D eigenvalue weighted by atomic mass is 35.5. The number of halogens is 1. The number of piperidine rings is 1. The second-order valence-electron chi connectivity index (χ2n) is 5.19. The first-order valence-electron chi connectivity index (χ1n) is 6.76. The Balaban J connectivity index is 0.00000220. The fourth-order valence-electron chi connectivity index (χ4n) is 2.46. The summed E-state index contributed by atoms with van der Waals surface area (Å²) in [5.41, 5.74) is 6.06. The summed E-state index contributed by atoms with van der Waals surface area (Å²) in [4.78, 5) is 11.6. The number of ketones is 1. The lowest BCUT2D eigenvalue weighted by molar-refractivity contribution is 0.101. The predicted octanol–water partition coefficient (Wildman–Crippen LogP) is 1.67. The molecule has 1 aliphatic heterocycles. The molecule has 118 valence electrons. The second kappa shape index (κ2) is 7.35. The lowest BCUT2D eigenvalue weighted by Crippen LogP contribution is -2.41. The van der Waals surface area contributed by atoms with Crippen LogP contribution in [0.3, 0.4) is 0 Å². The number of benzene rings is 1. The number of nitrogens with two attached hydrogens (primary N) is 1. The molecule has 2 N–H and O–H groups in total. The van der Waals surface area contributed by atoms with Gasteiger partial charge in [0, 0.05) is 18.7 Å². The third-order valence-electron chi connectivity index (χ3n) is 3.69. The maximum Gasteiger partial charge on any atom is 0.243 e. The van der Waals surface area contributed by atoms with Crippen LogP contribution in [0.15, 0.2) is 29.2 Å². The number of sulfonamides is 1. The van der Waals surface area contributed by atoms with Crippen LogP contribution in [0.25, 0.3) is 0 Å². The van der Waals surface area contributed by atoms with Crippen LogP contribution in [-0.2, 0) is 10.0 Å². The summed E-state index contributed by atoms with van der Waals surface area (Å²) in [5, 5.41) is 0. The molecule has 5 nitrogen and oxygen atoms in total. The third kappa shape index (κ3) is 4.03. The minimum Gasteiger partial charge on any atom is -0.330 e. The van der Waals surface area contributed by atoms with E-state index in [0.717, 1.165) is 12.8 Å². The highest BCUT2D eigenvalue weighted by Crippen LogP contribution is 2.23. The Hall–Kier alpha value is -0.950. The van der Waals surface area contributed by atoms with E-state index in [0.29, 0.717) is 25.2 Å². The van der Waals surface area contributed by atoms with Crippen LogP contribution in [0.5, 0.6) is 0 Å². The second-order valence-corrected chi connectivity index (χ2v) is 7.13. The van der Waals surface area contributed by atoms with Crippen molar-refractivity contribution in [2.45, 2.75) is 24.7 Å². The van der Waals surface area contributed by atoms with E-state index in [4.69, 9.17) is 5.73 Å². The van der Waals surface area contributed by atoms with Gasteiger partial charge < -0.3 is 5.73 Å². The van der Waals surface area contributed by atoms with Crippen LogP contribution >= 0.6 is 12.4 Å². The van der Waals surface area contributed by atoms with Crippen molar-refractivity contribution < 1.29 is 13.2 Å². The molecule has 1 aromatic carbocycles. The first kappa shape index (κ1) is 18.1. The summed E-state index contributed by atoms with van der Waals surface area (Å²) in [7, 11) is -3.54. The van der Waals surface area contributed by atoms with E-state index in [1.54, 1.807) is 12.1 Å². The van der Waals surface area contributed by atoms with Gasteiger partial charge in [-0.05, 0) is 44.4 Å². The zero-order chi connectivity index (χ0) is 14.8. The highest BCUT2D eigenvalue weighted by Gasteiger charge is 2.29. The smallest absolute Gasteiger partial charge is 0.243 e. The first-order valence-corrected chi connectivity index (χ1v) is 8.20. The Bertz CT molecular complexity index is 604. The van der Waals surface area contributed by atoms with Gasteiger partial charge in [0.25, 0.3) is 0 Å². The minimum atomic E-state index is -3.54. The minimum absolute atomic E-state index is 0. The average molecular weight is 333 g/mol. The third-order valence-corrected chi connectivity index (χ3v) is 5.55. The van der Waals surface area contributed by atoms with Gasteiger partial charge in [0.15, 0.2) is 5.78 Å². The van der Waals surface area contributed by atoms with Gasteiger partial charge in [-0.2, -0.15) is 4.31 Å². The molecule has 1 unspecified atom stereocenters. The number of Topliss-reactive ketones (excluding diaryl/α,β-unsaturated/α-hetero) is 1. The molecule has 2 rings (SSSR count). The molecule has 1 aliphatic rings. The number of hydrogen-bond acceptors (Lipinski definition) is 4. The van der Waals surface area contributed by atoms with Crippen molar-refractivity contribution in [1.29, 1.82) is 0 Å². The Morgan fingerprint density at radius 2 is 2.14 bits per heavy atom. The van der Waals surface area contributed by atoms with Crippen LogP contribution in [0.4, 0.5) is 0 Å². The molecule has 0 radical (unpaired) electrons. The van der Waals surface area contributed by atoms with Gasteiger partial charge in [-0.3, -0.25) is 4.79 Å². The Kier molecular flexibility index (Phi) is 6.34. The van der Waals surface area contributed by atoms with E-state index < -0.39 is 10.0 Å². The summed E-state index contributed by atoms with van der Waals surface area (Å²) < 4.78 is 26.7. The van der Waals surface area contributed by atoms with Crippen LogP contribution in [0, 0.1) is 5.92 Å². The Labute approximate surface area is 132 Å². The zero-order valence-corrected chi connectivity index (χ0v) is 13.6. The van der Waals surface area contributed by atoms with Crippen molar-refractivity contribution in [2.75, 3.05) is 19.6 Å². The Morgan fingerprint density at radius 3 is 2.76 bits per heavy atom. The molecule has 1 atom stereocenters. The van der Waals surface area contributed by atoms with Crippen LogP contribution < -0.4 is 5.73 Å². The summed E-state index contributed by atoms with van der Waals surface area (Å²) >= 11 is 0. The zero-order valence-electron chi connectivity index (χ0n) is 12.0. The van der Waals surface area contributed by atoms with E-state index >= 15 is 0 Å². The summed E-state index contributed by atoms with van der Waals surface area (Å²) in [6.07, 6.45) is 1.80. The quantitative estimate of drug-likeness (QED) is 0.850. The van der Waals surface area contributed by atoms with Crippen molar-refractivity contribution in [1.82, 2.24) is 4.31 Å². The molecule has 21 heavy (non-hydrogen) atoms. The summed E-state index contributed by atoms with van der Waals surface area (Å²) in [5.74, 6) is 0.0787. The first-order chi connectivity index (χ1) is 9.45. The van der Waals surface area contributed by atoms with E-state index in [1.165, 1.54) is 23.4 Å². The van der Waals surface area contributed by atoms with E-state index in [-0.39, 0.29) is 29.0 Å². The van der Waals surface area contributed by atoms with Crippen LogP contribution in [0.1, 0.15) is 30.1 Å². The normalized spacial score (nSPS) is 19.8. The molecule has 1 aromatic rings. The molecule has 7 heteroatoms. The molecule has 0 spiro atoms. The van der Waals surface area contributed by atoms with Crippen molar-refractivity contribution in [3.05, 3.63) is 29.8 Å². The van der Waals surface area contributed by atoms with E-state index in [2.05, 4.69) is 0 Å². The maximum absolute atomic E-state index is 12.6. The van der Waals surface area contributed by atoms with Crippen LogP contribution in [-0.4, -0.2) is 38.1 Å². The van der Waals surface area contributed by atoms with Crippen LogP contribution in [0.2, 0.25) is 0 Å². The fourth-order valence-corrected chi connectivity index (χ4v) is 4.06. The van der Waals surface area contributed by atoms with Gasteiger partial charge in [-0.1, -0.05) is 12.1 Å². The monoisotopic (exact) mass is 332 g/mol. The van der Waals surface area contributed by atoms with Gasteiger partial charge in [-0.15, -0.1) is 12.4 Å². The molecule has 0 aromatic heterocycles. The molecule has 0 amide bonds. The fraction of sp³-hybridized carbons (Fsp3) is 0.500. The number of carbonyl (C=O) groups is 1. The van der Waals surface area contributed by atoms with Gasteiger partial charge in [-0.25, -0.2) is 8.42 Å². The van der Waals surface area contributed by atoms with Crippen molar-refractivity contribution in [3.63, 3.8) is 0 Å². The van der Waals surface area contributed by atoms with Crippen molar-refractivity contribution >= 4 is 28.2 Å². The molecule has 0 aliphatic carbocycles.